The number of aliphatic hydroxyl groups excluding tert-OH is 1. The number of nitrogens with one attached hydrogen (secondary N) is 2. The van der Waals surface area contributed by atoms with E-state index in [0.29, 0.717) is 38.6 Å². The highest BCUT2D eigenvalue weighted by Gasteiger charge is 2.37. The minimum Gasteiger partial charge on any atom is -0.413 e. The van der Waals surface area contributed by atoms with Gasteiger partial charge in [-0.1, -0.05) is 63.2 Å². The molecule has 2 saturated heterocycles. The average Bonchev–Trinajstić information content (AvgIpc) is 3.52. The van der Waals surface area contributed by atoms with Gasteiger partial charge in [-0.3, -0.25) is 14.6 Å². The Bertz CT molecular complexity index is 1780. The molecular weight excluding hydrogens is 681 g/mol. The van der Waals surface area contributed by atoms with E-state index in [1.54, 1.807) is 6.20 Å². The summed E-state index contributed by atoms with van der Waals surface area (Å²) in [7, 11) is -1.86. The molecule has 2 fully saturated rings. The lowest BCUT2D eigenvalue weighted by molar-refractivity contribution is -0.122. The lowest BCUT2D eigenvalue weighted by Gasteiger charge is -2.36. The largest absolute Gasteiger partial charge is 0.413 e. The normalized spacial score (nSPS) is 18.6. The van der Waals surface area contributed by atoms with Crippen molar-refractivity contribution in [2.75, 3.05) is 56.0 Å². The summed E-state index contributed by atoms with van der Waals surface area (Å²) >= 11 is 0. The molecule has 1 amide bonds. The van der Waals surface area contributed by atoms with E-state index < -0.39 is 14.4 Å². The van der Waals surface area contributed by atoms with Crippen LogP contribution in [-0.2, 0) is 22.4 Å². The number of β-amino-alcohol motifs (C(OH)–C–C–N with tert-alkyl or cyclic N) is 1. The number of piperazine rings is 1. The highest BCUT2D eigenvalue weighted by Crippen LogP contribution is 2.37. The molecule has 0 radical (unpaired) electrons. The molecule has 3 N–H and O–H groups in total. The Balaban J connectivity index is 0.976. The number of aromatic nitrogens is 3. The first kappa shape index (κ1) is 38.5. The number of benzene rings is 2. The fourth-order valence-electron chi connectivity index (χ4n) is 6.67. The van der Waals surface area contributed by atoms with E-state index in [1.165, 1.54) is 5.56 Å². The molecule has 2 aromatic carbocycles. The number of hydrogen-bond acceptors (Lipinski definition) is 10. The highest BCUT2D eigenvalue weighted by molar-refractivity contribution is 6.74. The number of nitrogens with zero attached hydrogens (tertiary/aromatic N) is 6. The van der Waals surface area contributed by atoms with Crippen LogP contribution in [0.15, 0.2) is 85.2 Å². The Kier molecular flexibility index (Phi) is 12.6. The average molecular weight is 737 g/mol. The zero-order chi connectivity index (χ0) is 37.4. The van der Waals surface area contributed by atoms with Crippen LogP contribution in [0.25, 0.3) is 11.3 Å². The topological polar surface area (TPSA) is 119 Å². The lowest BCUT2D eigenvalue weighted by atomic mass is 10.1. The molecule has 2 aliphatic rings. The zero-order valence-corrected chi connectivity index (χ0v) is 33.0. The molecule has 2 atom stereocenters. The monoisotopic (exact) mass is 736 g/mol. The summed E-state index contributed by atoms with van der Waals surface area (Å²) in [6, 6.07) is 24.7. The Hall–Kier alpha value is -4.20. The molecule has 53 heavy (non-hydrogen) atoms. The molecule has 0 spiro atoms. The Morgan fingerprint density at radius 2 is 1.70 bits per heavy atom. The minimum atomic E-state index is -1.86. The first-order valence-electron chi connectivity index (χ1n) is 18.9. The van der Waals surface area contributed by atoms with Crippen LogP contribution in [0.5, 0.6) is 0 Å². The second kappa shape index (κ2) is 17.3. The molecule has 2 aliphatic heterocycles. The van der Waals surface area contributed by atoms with Crippen molar-refractivity contribution in [2.24, 2.45) is 0 Å². The van der Waals surface area contributed by atoms with Crippen LogP contribution >= 0.6 is 0 Å². The molecule has 6 rings (SSSR count). The maximum absolute atomic E-state index is 12.8. The van der Waals surface area contributed by atoms with Crippen LogP contribution in [0.1, 0.15) is 44.7 Å². The van der Waals surface area contributed by atoms with Gasteiger partial charge in [-0.05, 0) is 72.4 Å². The first-order chi connectivity index (χ1) is 25.4. The van der Waals surface area contributed by atoms with Gasteiger partial charge in [-0.15, -0.1) is 0 Å². The van der Waals surface area contributed by atoms with Gasteiger partial charge in [0.05, 0.1) is 24.9 Å². The van der Waals surface area contributed by atoms with Crippen LogP contribution in [0.3, 0.4) is 0 Å². The molecule has 0 saturated carbocycles. The van der Waals surface area contributed by atoms with Gasteiger partial charge in [0.15, 0.2) is 8.32 Å². The molecular formula is C41H56N8O3Si. The van der Waals surface area contributed by atoms with E-state index in [2.05, 4.69) is 101 Å². The van der Waals surface area contributed by atoms with Crippen molar-refractivity contribution < 1.29 is 14.3 Å². The third-order valence-electron chi connectivity index (χ3n) is 10.9. The molecule has 4 heterocycles. The number of hydrogen-bond donors (Lipinski definition) is 3. The summed E-state index contributed by atoms with van der Waals surface area (Å²) in [6.45, 7) is 18.0. The zero-order valence-electron chi connectivity index (χ0n) is 32.0. The standard InChI is InChI=1S/C41H56N8O3Si/c1-41(2,3)53(4,5)52-30-32-12-9-13-34(24-32)45-40-43-19-17-37(46-40)33-14-15-38(44-26-33)49-28-36(50)25-35(49)16-18-42-39(51)29-48-22-20-47(21-23-48)27-31-10-7-6-8-11-31/h6-15,17,19,24,26,35-36,50H,16,18,20-23,25,27-30H2,1-5H3,(H,42,51)(H,43,45,46). The number of pyridine rings is 1. The van der Waals surface area contributed by atoms with Crippen molar-refractivity contribution in [2.45, 2.75) is 77.0 Å². The van der Waals surface area contributed by atoms with Crippen LogP contribution in [-0.4, -0.2) is 102 Å². The predicted molar refractivity (Wildman–Crippen MR) is 215 cm³/mol. The molecule has 0 aliphatic carbocycles. The van der Waals surface area contributed by atoms with Gasteiger partial charge >= 0.3 is 0 Å². The van der Waals surface area contributed by atoms with Crippen LogP contribution in [0.2, 0.25) is 18.1 Å². The van der Waals surface area contributed by atoms with Gasteiger partial charge in [0.2, 0.25) is 11.9 Å². The van der Waals surface area contributed by atoms with Crippen molar-refractivity contribution in [3.8, 4) is 11.3 Å². The number of rotatable bonds is 14. The number of carbonyl (C=O) groups excluding carboxylic acids is 1. The van der Waals surface area contributed by atoms with Gasteiger partial charge < -0.3 is 25.1 Å². The van der Waals surface area contributed by atoms with E-state index in [0.717, 1.165) is 67.5 Å². The summed E-state index contributed by atoms with van der Waals surface area (Å²) in [5.41, 5.74) is 4.97. The van der Waals surface area contributed by atoms with Gasteiger partial charge in [0.1, 0.15) is 5.82 Å². The van der Waals surface area contributed by atoms with E-state index >= 15 is 0 Å². The molecule has 2 aromatic heterocycles. The molecule has 12 heteroatoms. The first-order valence-corrected chi connectivity index (χ1v) is 21.8. The minimum absolute atomic E-state index is 0.0520. The predicted octanol–water partition coefficient (Wildman–Crippen LogP) is 6.07. The summed E-state index contributed by atoms with van der Waals surface area (Å²) < 4.78 is 6.43. The molecule has 0 bridgehead atoms. The third kappa shape index (κ3) is 10.7. The van der Waals surface area contributed by atoms with Crippen molar-refractivity contribution in [3.05, 3.63) is 96.3 Å². The number of anilines is 3. The summed E-state index contributed by atoms with van der Waals surface area (Å²) in [6.07, 6.45) is 4.52. The summed E-state index contributed by atoms with van der Waals surface area (Å²) in [5, 5.41) is 17.2. The number of amides is 1. The molecule has 2 unspecified atom stereocenters. The van der Waals surface area contributed by atoms with E-state index in [-0.39, 0.29) is 17.0 Å². The molecule has 282 valence electrons. The fraction of sp³-hybridized carbons (Fsp3) is 0.463. The third-order valence-corrected chi connectivity index (χ3v) is 15.3. The summed E-state index contributed by atoms with van der Waals surface area (Å²) in [5.74, 6) is 1.36. The Labute approximate surface area is 316 Å². The van der Waals surface area contributed by atoms with Gasteiger partial charge in [-0.2, -0.15) is 0 Å². The van der Waals surface area contributed by atoms with Crippen molar-refractivity contribution >= 4 is 31.7 Å². The quantitative estimate of drug-likeness (QED) is 0.132. The molecule has 11 nitrogen and oxygen atoms in total. The van der Waals surface area contributed by atoms with Gasteiger partial charge in [-0.25, -0.2) is 15.0 Å². The maximum Gasteiger partial charge on any atom is 0.234 e. The highest BCUT2D eigenvalue weighted by atomic mass is 28.4. The van der Waals surface area contributed by atoms with E-state index in [4.69, 9.17) is 14.4 Å². The van der Waals surface area contributed by atoms with Crippen molar-refractivity contribution in [3.63, 3.8) is 0 Å². The fourth-order valence-corrected chi connectivity index (χ4v) is 7.63. The maximum atomic E-state index is 12.8. The van der Waals surface area contributed by atoms with Crippen molar-refractivity contribution in [1.82, 2.24) is 30.1 Å². The van der Waals surface area contributed by atoms with Gasteiger partial charge in [0, 0.05) is 75.5 Å². The second-order valence-corrected chi connectivity index (χ2v) is 20.7. The Morgan fingerprint density at radius 3 is 2.43 bits per heavy atom. The number of aliphatic hydroxyl groups is 1. The SMILES string of the molecule is CC(C)(C)[Si](C)(C)OCc1cccc(Nc2nccc(-c3ccc(N4CC(O)CC4CCNC(=O)CN4CCN(Cc5ccccc5)CC4)nc3)n2)c1. The molecule has 4 aromatic rings. The number of carbonyl (C=O) groups is 1. The van der Waals surface area contributed by atoms with Crippen molar-refractivity contribution in [1.29, 1.82) is 0 Å². The summed E-state index contributed by atoms with van der Waals surface area (Å²) in [4.78, 5) is 33.7. The van der Waals surface area contributed by atoms with Crippen LogP contribution in [0, 0.1) is 0 Å². The van der Waals surface area contributed by atoms with Crippen LogP contribution < -0.4 is 15.5 Å². The lowest BCUT2D eigenvalue weighted by Crippen LogP contribution is -2.49. The van der Waals surface area contributed by atoms with E-state index in [1.807, 2.05) is 42.6 Å². The second-order valence-electron chi connectivity index (χ2n) is 15.9. The van der Waals surface area contributed by atoms with Gasteiger partial charge in [0.25, 0.3) is 0 Å². The Morgan fingerprint density at radius 1 is 0.943 bits per heavy atom. The van der Waals surface area contributed by atoms with E-state index in [9.17, 15) is 9.90 Å². The van der Waals surface area contributed by atoms with Crippen LogP contribution in [0.4, 0.5) is 17.5 Å². The smallest absolute Gasteiger partial charge is 0.234 e.